The van der Waals surface area contributed by atoms with Crippen LogP contribution in [-0.4, -0.2) is 47.8 Å². The second-order valence-electron chi connectivity index (χ2n) is 5.42. The molecule has 134 valence electrons. The van der Waals surface area contributed by atoms with Gasteiger partial charge in [-0.15, -0.1) is 0 Å². The Labute approximate surface area is 158 Å². The fourth-order valence-electron chi connectivity index (χ4n) is 2.52. The lowest BCUT2D eigenvalue weighted by Gasteiger charge is -2.20. The van der Waals surface area contributed by atoms with Crippen molar-refractivity contribution in [3.8, 4) is 0 Å². The Hall–Kier alpha value is -1.86. The van der Waals surface area contributed by atoms with Crippen molar-refractivity contribution >= 4 is 51.9 Å². The van der Waals surface area contributed by atoms with Crippen molar-refractivity contribution in [2.45, 2.75) is 20.3 Å². The molecule has 0 aromatic heterocycles. The highest BCUT2D eigenvalue weighted by atomic mass is 32.2. The Morgan fingerprint density at radius 1 is 1.28 bits per heavy atom. The largest absolute Gasteiger partial charge is 0.469 e. The van der Waals surface area contributed by atoms with Crippen molar-refractivity contribution in [2.24, 2.45) is 0 Å². The number of ether oxygens (including phenoxy) is 1. The molecule has 1 saturated heterocycles. The van der Waals surface area contributed by atoms with E-state index in [0.29, 0.717) is 9.23 Å². The lowest BCUT2D eigenvalue weighted by molar-refractivity contribution is -0.140. The molecule has 1 fully saturated rings. The molecule has 0 aliphatic carbocycles. The van der Waals surface area contributed by atoms with Crippen molar-refractivity contribution in [1.82, 2.24) is 4.90 Å². The third-order valence-electron chi connectivity index (χ3n) is 3.96. The predicted octanol–water partition coefficient (Wildman–Crippen LogP) is 3.30. The molecule has 0 atom stereocenters. The fourth-order valence-corrected chi connectivity index (χ4v) is 3.83. The minimum Gasteiger partial charge on any atom is -0.469 e. The molecule has 1 aromatic rings. The van der Waals surface area contributed by atoms with Crippen LogP contribution in [0.1, 0.15) is 25.8 Å². The van der Waals surface area contributed by atoms with Gasteiger partial charge in [-0.25, -0.2) is 0 Å². The highest BCUT2D eigenvalue weighted by Crippen LogP contribution is 2.32. The molecule has 5 nitrogen and oxygen atoms in total. The quantitative estimate of drug-likeness (QED) is 0.412. The predicted molar refractivity (Wildman–Crippen MR) is 107 cm³/mol. The van der Waals surface area contributed by atoms with Crippen LogP contribution >= 0.6 is 24.0 Å². The Bertz CT molecular complexity index is 682. The molecule has 1 aliphatic heterocycles. The topological polar surface area (TPSA) is 49.9 Å². The molecule has 25 heavy (non-hydrogen) atoms. The SMILES string of the molecule is CCN(CC)c1ccc(/C=C2\SC(=S)N(CCC(=O)OC)C2=O)cc1. The van der Waals surface area contributed by atoms with Crippen LogP contribution in [0.3, 0.4) is 0 Å². The molecular weight excluding hydrogens is 356 g/mol. The minimum atomic E-state index is -0.356. The number of hydrogen-bond donors (Lipinski definition) is 0. The lowest BCUT2D eigenvalue weighted by Crippen LogP contribution is -2.30. The second-order valence-corrected chi connectivity index (χ2v) is 7.10. The molecule has 1 amide bonds. The monoisotopic (exact) mass is 378 g/mol. The number of rotatable bonds is 7. The van der Waals surface area contributed by atoms with Gasteiger partial charge in [-0.3, -0.25) is 14.5 Å². The van der Waals surface area contributed by atoms with Crippen LogP contribution in [0.2, 0.25) is 0 Å². The smallest absolute Gasteiger partial charge is 0.307 e. The molecule has 2 rings (SSSR count). The maximum atomic E-state index is 12.5. The summed E-state index contributed by atoms with van der Waals surface area (Å²) in [5, 5.41) is 0. The number of anilines is 1. The van der Waals surface area contributed by atoms with Gasteiger partial charge in [0.15, 0.2) is 0 Å². The first-order valence-corrected chi connectivity index (χ1v) is 9.39. The van der Waals surface area contributed by atoms with Gasteiger partial charge in [0.25, 0.3) is 5.91 Å². The van der Waals surface area contributed by atoms with Gasteiger partial charge < -0.3 is 9.64 Å². The Morgan fingerprint density at radius 2 is 1.92 bits per heavy atom. The van der Waals surface area contributed by atoms with Gasteiger partial charge >= 0.3 is 5.97 Å². The average molecular weight is 379 g/mol. The molecule has 7 heteroatoms. The number of hydrogen-bond acceptors (Lipinski definition) is 6. The highest BCUT2D eigenvalue weighted by Gasteiger charge is 2.32. The lowest BCUT2D eigenvalue weighted by atomic mass is 10.1. The zero-order chi connectivity index (χ0) is 18.4. The van der Waals surface area contributed by atoms with E-state index in [2.05, 4.69) is 35.6 Å². The minimum absolute atomic E-state index is 0.134. The van der Waals surface area contributed by atoms with Gasteiger partial charge in [-0.2, -0.15) is 0 Å². The van der Waals surface area contributed by atoms with Crippen LogP contribution in [0.4, 0.5) is 5.69 Å². The summed E-state index contributed by atoms with van der Waals surface area (Å²) in [6, 6.07) is 8.09. The molecule has 0 spiro atoms. The Balaban J connectivity index is 2.09. The average Bonchev–Trinajstić information content (AvgIpc) is 2.88. The van der Waals surface area contributed by atoms with Gasteiger partial charge in [0.1, 0.15) is 4.32 Å². The number of carbonyl (C=O) groups excluding carboxylic acids is 2. The molecular formula is C18H22N2O3S2. The van der Waals surface area contributed by atoms with E-state index in [0.717, 1.165) is 24.3 Å². The van der Waals surface area contributed by atoms with E-state index < -0.39 is 0 Å². The summed E-state index contributed by atoms with van der Waals surface area (Å²) in [6.07, 6.45) is 1.97. The normalized spacial score (nSPS) is 15.8. The van der Waals surface area contributed by atoms with Gasteiger partial charge in [0.2, 0.25) is 0 Å². The van der Waals surface area contributed by atoms with Crippen LogP contribution < -0.4 is 4.90 Å². The molecule has 0 N–H and O–H groups in total. The van der Waals surface area contributed by atoms with Crippen LogP contribution in [0.25, 0.3) is 6.08 Å². The van der Waals surface area contributed by atoms with Crippen LogP contribution in [0, 0.1) is 0 Å². The van der Waals surface area contributed by atoms with Gasteiger partial charge in [-0.05, 0) is 37.6 Å². The van der Waals surface area contributed by atoms with E-state index in [-0.39, 0.29) is 24.8 Å². The maximum Gasteiger partial charge on any atom is 0.307 e. The molecule has 0 radical (unpaired) electrons. The number of nitrogens with zero attached hydrogens (tertiary/aromatic N) is 2. The third kappa shape index (κ3) is 4.83. The Morgan fingerprint density at radius 3 is 2.48 bits per heavy atom. The number of esters is 1. The number of amides is 1. The summed E-state index contributed by atoms with van der Waals surface area (Å²) >= 11 is 6.52. The van der Waals surface area contributed by atoms with Crippen molar-refractivity contribution in [3.05, 3.63) is 34.7 Å². The summed E-state index contributed by atoms with van der Waals surface area (Å²) in [5.74, 6) is -0.517. The fraction of sp³-hybridized carbons (Fsp3) is 0.389. The molecule has 0 bridgehead atoms. The van der Waals surface area contributed by atoms with Crippen LogP contribution in [0.5, 0.6) is 0 Å². The zero-order valence-electron chi connectivity index (χ0n) is 14.7. The van der Waals surface area contributed by atoms with E-state index >= 15 is 0 Å². The van der Waals surface area contributed by atoms with Gasteiger partial charge in [-0.1, -0.05) is 36.1 Å². The summed E-state index contributed by atoms with van der Waals surface area (Å²) in [4.78, 5) is 28.0. The van der Waals surface area contributed by atoms with Crippen molar-refractivity contribution in [1.29, 1.82) is 0 Å². The number of benzene rings is 1. The van der Waals surface area contributed by atoms with E-state index in [1.165, 1.54) is 23.8 Å². The van der Waals surface area contributed by atoms with Crippen molar-refractivity contribution < 1.29 is 14.3 Å². The molecule has 1 heterocycles. The third-order valence-corrected chi connectivity index (χ3v) is 5.34. The van der Waals surface area contributed by atoms with E-state index in [1.807, 2.05) is 18.2 Å². The summed E-state index contributed by atoms with van der Waals surface area (Å²) in [7, 11) is 1.33. The maximum absolute atomic E-state index is 12.5. The van der Waals surface area contributed by atoms with Crippen LogP contribution in [-0.2, 0) is 14.3 Å². The Kier molecular flexibility index (Phi) is 7.01. The number of carbonyl (C=O) groups is 2. The zero-order valence-corrected chi connectivity index (χ0v) is 16.3. The standard InChI is InChI=1S/C18H22N2O3S2/c1-4-19(5-2)14-8-6-13(7-9-14)12-15-17(22)20(18(24)25-15)11-10-16(21)23-3/h6-9,12H,4-5,10-11H2,1-3H3/b15-12-. The van der Waals surface area contributed by atoms with Crippen molar-refractivity contribution in [3.63, 3.8) is 0 Å². The molecule has 1 aromatic carbocycles. The van der Waals surface area contributed by atoms with Gasteiger partial charge in [0, 0.05) is 25.3 Å². The summed E-state index contributed by atoms with van der Waals surface area (Å²) < 4.78 is 5.08. The van der Waals surface area contributed by atoms with Crippen LogP contribution in [0.15, 0.2) is 29.2 Å². The van der Waals surface area contributed by atoms with E-state index in [9.17, 15) is 9.59 Å². The highest BCUT2D eigenvalue weighted by molar-refractivity contribution is 8.26. The first kappa shape index (κ1) is 19.5. The molecule has 0 unspecified atom stereocenters. The number of methoxy groups -OCH3 is 1. The molecule has 1 aliphatic rings. The second kappa shape index (κ2) is 9.01. The summed E-state index contributed by atoms with van der Waals surface area (Å²) in [6.45, 7) is 6.40. The molecule has 0 saturated carbocycles. The van der Waals surface area contributed by atoms with Gasteiger partial charge in [0.05, 0.1) is 18.4 Å². The number of thiocarbonyl (C=S) groups is 1. The van der Waals surface area contributed by atoms with Crippen molar-refractivity contribution in [2.75, 3.05) is 31.6 Å². The first-order chi connectivity index (χ1) is 12.0. The number of thioether (sulfide) groups is 1. The van der Waals surface area contributed by atoms with E-state index in [4.69, 9.17) is 12.2 Å². The van der Waals surface area contributed by atoms with E-state index in [1.54, 1.807) is 0 Å². The summed E-state index contributed by atoms with van der Waals surface area (Å²) in [5.41, 5.74) is 2.11. The first-order valence-electron chi connectivity index (χ1n) is 8.17.